The van der Waals surface area contributed by atoms with E-state index in [1.807, 2.05) is 18.7 Å². The molecule has 4 aliphatic rings. The molecule has 3 fully saturated rings. The molecule has 0 amide bonds. The van der Waals surface area contributed by atoms with E-state index in [0.29, 0.717) is 17.6 Å². The Labute approximate surface area is 154 Å². The molecule has 0 aliphatic heterocycles. The summed E-state index contributed by atoms with van der Waals surface area (Å²) in [4.78, 5) is 11.8. The number of allylic oxidation sites excluding steroid dienone is 4. The third kappa shape index (κ3) is 2.16. The minimum Gasteiger partial charge on any atom is -0.390 e. The van der Waals surface area contributed by atoms with Crippen LogP contribution in [0.2, 0.25) is 0 Å². The summed E-state index contributed by atoms with van der Waals surface area (Å²) in [6, 6.07) is 0. The lowest BCUT2D eigenvalue weighted by atomic mass is 9.46. The number of ketones is 1. The van der Waals surface area contributed by atoms with Gasteiger partial charge in [0.05, 0.1) is 6.10 Å². The van der Waals surface area contributed by atoms with Crippen LogP contribution in [0, 0.1) is 22.7 Å². The van der Waals surface area contributed by atoms with Gasteiger partial charge in [-0.3, -0.25) is 4.79 Å². The number of alkyl halides is 1. The fourth-order valence-electron chi connectivity index (χ4n) is 6.64. The molecule has 2 nitrogen and oxygen atoms in total. The number of hydrogen-bond donors (Lipinski definition) is 1. The summed E-state index contributed by atoms with van der Waals surface area (Å²) in [5, 5.41) is 11.6. The molecular formula is C21H29FO2S. The number of fused-ring (bicyclic) bond motifs is 5. The topological polar surface area (TPSA) is 37.3 Å². The zero-order chi connectivity index (χ0) is 18.0. The maximum Gasteiger partial charge on any atom is 0.178 e. The summed E-state index contributed by atoms with van der Waals surface area (Å²) in [6.45, 7) is 6.37. The Bertz CT molecular complexity index is 658. The summed E-state index contributed by atoms with van der Waals surface area (Å²) in [5.74, 6) is 1.23. The highest BCUT2D eigenvalue weighted by Gasteiger charge is 2.70. The van der Waals surface area contributed by atoms with Gasteiger partial charge in [0.1, 0.15) is 0 Å². The van der Waals surface area contributed by atoms with Gasteiger partial charge in [-0.05, 0) is 68.3 Å². The number of aliphatic hydroxyl groups excluding tert-OH is 1. The van der Waals surface area contributed by atoms with Gasteiger partial charge >= 0.3 is 0 Å². The van der Waals surface area contributed by atoms with Gasteiger partial charge in [-0.1, -0.05) is 25.5 Å². The van der Waals surface area contributed by atoms with Crippen molar-refractivity contribution in [3.8, 4) is 0 Å². The van der Waals surface area contributed by atoms with Gasteiger partial charge in [-0.15, -0.1) is 0 Å². The number of thioether (sulfide) groups is 1. The molecule has 4 rings (SSSR count). The predicted molar refractivity (Wildman–Crippen MR) is 100 cm³/mol. The minimum absolute atomic E-state index is 0.0200. The highest BCUT2D eigenvalue weighted by Crippen LogP contribution is 2.68. The third-order valence-electron chi connectivity index (χ3n) is 7.92. The molecule has 4 aliphatic carbocycles. The number of carbonyl (C=O) groups excluding carboxylic acids is 1. The lowest BCUT2D eigenvalue weighted by molar-refractivity contribution is -0.188. The standard InChI is InChI=1S/C21H29FO2S/c1-4-25-18-8-7-15-16-6-5-13-11-14(23)9-10-20(13,3)21(16,22)17(24)12-19(15,18)2/h9-11,15-18,24H,4-8,12H2,1-3H3/t15-,16-,17-,18-,19-,20-,21-/m0/s1. The van der Waals surface area contributed by atoms with E-state index in [2.05, 4.69) is 13.8 Å². The van der Waals surface area contributed by atoms with E-state index in [4.69, 9.17) is 0 Å². The highest BCUT2D eigenvalue weighted by atomic mass is 32.2. The van der Waals surface area contributed by atoms with Gasteiger partial charge in [-0.25, -0.2) is 4.39 Å². The van der Waals surface area contributed by atoms with Crippen LogP contribution in [0.5, 0.6) is 0 Å². The Balaban J connectivity index is 1.77. The number of rotatable bonds is 2. The van der Waals surface area contributed by atoms with Crippen molar-refractivity contribution in [1.82, 2.24) is 0 Å². The number of aliphatic hydroxyl groups is 1. The van der Waals surface area contributed by atoms with Gasteiger partial charge in [0.15, 0.2) is 11.5 Å². The maximum absolute atomic E-state index is 16.7. The van der Waals surface area contributed by atoms with Gasteiger partial charge < -0.3 is 5.11 Å². The van der Waals surface area contributed by atoms with Crippen LogP contribution in [0.15, 0.2) is 23.8 Å². The first-order valence-corrected chi connectivity index (χ1v) is 10.7. The molecule has 3 saturated carbocycles. The van der Waals surface area contributed by atoms with Crippen LogP contribution in [0.25, 0.3) is 0 Å². The molecular weight excluding hydrogens is 335 g/mol. The van der Waals surface area contributed by atoms with Crippen molar-refractivity contribution in [2.75, 3.05) is 5.75 Å². The molecule has 4 heteroatoms. The molecule has 0 bridgehead atoms. The van der Waals surface area contributed by atoms with Crippen LogP contribution < -0.4 is 0 Å². The summed E-state index contributed by atoms with van der Waals surface area (Å²) < 4.78 is 16.7. The second-order valence-electron chi connectivity index (χ2n) is 8.87. The second kappa shape index (κ2) is 5.69. The summed E-state index contributed by atoms with van der Waals surface area (Å²) >= 11 is 1.98. The van der Waals surface area contributed by atoms with Crippen molar-refractivity contribution in [3.63, 3.8) is 0 Å². The Morgan fingerprint density at radius 2 is 2.04 bits per heavy atom. The van der Waals surface area contributed by atoms with Crippen molar-refractivity contribution in [1.29, 1.82) is 0 Å². The van der Waals surface area contributed by atoms with E-state index in [1.54, 1.807) is 12.2 Å². The van der Waals surface area contributed by atoms with Crippen LogP contribution in [-0.4, -0.2) is 33.7 Å². The SMILES string of the molecule is CCS[C@H]1CC[C@H]2[C@@H]3CCC4=CC(=O)C=C[C@]4(C)[C@@]3(F)[C@@H](O)C[C@]12C. The number of carbonyl (C=O) groups is 1. The zero-order valence-corrected chi connectivity index (χ0v) is 16.2. The van der Waals surface area contributed by atoms with E-state index in [9.17, 15) is 9.90 Å². The summed E-state index contributed by atoms with van der Waals surface area (Å²) in [6.07, 6.45) is 8.14. The molecule has 0 spiro atoms. The van der Waals surface area contributed by atoms with Crippen LogP contribution in [0.1, 0.15) is 52.9 Å². The normalized spacial score (nSPS) is 51.6. The quantitative estimate of drug-likeness (QED) is 0.785. The van der Waals surface area contributed by atoms with E-state index in [-0.39, 0.29) is 17.1 Å². The number of halogens is 1. The fraction of sp³-hybridized carbons (Fsp3) is 0.762. The van der Waals surface area contributed by atoms with Gasteiger partial charge in [-0.2, -0.15) is 11.8 Å². The highest BCUT2D eigenvalue weighted by molar-refractivity contribution is 7.99. The average Bonchev–Trinajstić information content (AvgIpc) is 2.87. The molecule has 0 aromatic rings. The molecule has 1 N–H and O–H groups in total. The monoisotopic (exact) mass is 364 g/mol. The molecule has 25 heavy (non-hydrogen) atoms. The summed E-state index contributed by atoms with van der Waals surface area (Å²) in [5.41, 5.74) is -1.62. The third-order valence-corrected chi connectivity index (χ3v) is 9.43. The smallest absolute Gasteiger partial charge is 0.178 e. The van der Waals surface area contributed by atoms with E-state index in [0.717, 1.165) is 37.0 Å². The van der Waals surface area contributed by atoms with Crippen LogP contribution in [0.4, 0.5) is 4.39 Å². The maximum atomic E-state index is 16.7. The molecule has 0 unspecified atom stereocenters. The Morgan fingerprint density at radius 1 is 1.28 bits per heavy atom. The van der Waals surface area contributed by atoms with E-state index >= 15 is 4.39 Å². The molecule has 7 atom stereocenters. The van der Waals surface area contributed by atoms with Crippen molar-refractivity contribution in [2.24, 2.45) is 22.7 Å². The van der Waals surface area contributed by atoms with E-state index < -0.39 is 17.2 Å². The van der Waals surface area contributed by atoms with Gasteiger partial charge in [0, 0.05) is 16.6 Å². The van der Waals surface area contributed by atoms with Crippen LogP contribution in [-0.2, 0) is 4.79 Å². The van der Waals surface area contributed by atoms with Gasteiger partial charge in [0.25, 0.3) is 0 Å². The largest absolute Gasteiger partial charge is 0.390 e. The Morgan fingerprint density at radius 3 is 2.76 bits per heavy atom. The lowest BCUT2D eigenvalue weighted by Crippen LogP contribution is -2.66. The fourth-order valence-corrected chi connectivity index (χ4v) is 7.99. The predicted octanol–water partition coefficient (Wildman–Crippen LogP) is 4.48. The first-order chi connectivity index (χ1) is 11.8. The first-order valence-electron chi connectivity index (χ1n) is 9.70. The molecule has 138 valence electrons. The lowest BCUT2D eigenvalue weighted by Gasteiger charge is -2.62. The zero-order valence-electron chi connectivity index (χ0n) is 15.4. The van der Waals surface area contributed by atoms with Crippen molar-refractivity contribution in [3.05, 3.63) is 23.8 Å². The number of hydrogen-bond acceptors (Lipinski definition) is 3. The van der Waals surface area contributed by atoms with Crippen molar-refractivity contribution < 1.29 is 14.3 Å². The van der Waals surface area contributed by atoms with Crippen LogP contribution >= 0.6 is 11.8 Å². The van der Waals surface area contributed by atoms with E-state index in [1.165, 1.54) is 6.08 Å². The van der Waals surface area contributed by atoms with Crippen molar-refractivity contribution in [2.45, 2.75) is 69.9 Å². The second-order valence-corrected chi connectivity index (χ2v) is 10.4. The van der Waals surface area contributed by atoms with Crippen molar-refractivity contribution >= 4 is 17.5 Å². The molecule has 0 radical (unpaired) electrons. The minimum atomic E-state index is -1.66. The molecule has 0 saturated heterocycles. The molecule has 0 aromatic heterocycles. The molecule has 0 heterocycles. The summed E-state index contributed by atoms with van der Waals surface area (Å²) in [7, 11) is 0. The Kier molecular flexibility index (Phi) is 4.05. The van der Waals surface area contributed by atoms with Gasteiger partial charge in [0.2, 0.25) is 0 Å². The first kappa shape index (κ1) is 17.8. The average molecular weight is 365 g/mol. The van der Waals surface area contributed by atoms with Crippen LogP contribution in [0.3, 0.4) is 0 Å². The molecule has 0 aromatic carbocycles. The Hall–Kier alpha value is -0.610.